The van der Waals surface area contributed by atoms with Crippen molar-refractivity contribution >= 4 is 34.0 Å². The lowest BCUT2D eigenvalue weighted by atomic mass is 10.1. The van der Waals surface area contributed by atoms with Gasteiger partial charge in [0.25, 0.3) is 0 Å². The van der Waals surface area contributed by atoms with E-state index in [1.807, 2.05) is 66.7 Å². The molecule has 0 saturated carbocycles. The summed E-state index contributed by atoms with van der Waals surface area (Å²) >= 11 is 0. The predicted octanol–water partition coefficient (Wildman–Crippen LogP) is 3.84. The molecule has 1 unspecified atom stereocenters. The molecule has 136 valence electrons. The molecular weight excluding hydrogens is 340 g/mol. The van der Waals surface area contributed by atoms with E-state index in [1.54, 1.807) is 12.0 Å². The lowest BCUT2D eigenvalue weighted by Gasteiger charge is -2.19. The van der Waals surface area contributed by atoms with Gasteiger partial charge in [-0.3, -0.25) is 9.59 Å². The molecule has 3 aromatic carbocycles. The van der Waals surface area contributed by atoms with Gasteiger partial charge in [-0.25, -0.2) is 0 Å². The van der Waals surface area contributed by atoms with Gasteiger partial charge in [-0.2, -0.15) is 0 Å². The monoisotopic (exact) mass is 360 g/mol. The Morgan fingerprint density at radius 3 is 2.59 bits per heavy atom. The molecule has 1 aliphatic rings. The zero-order valence-electron chi connectivity index (χ0n) is 15.0. The van der Waals surface area contributed by atoms with Crippen LogP contribution in [0.4, 0.5) is 11.4 Å². The van der Waals surface area contributed by atoms with E-state index in [9.17, 15) is 9.59 Å². The standard InChI is InChI=1S/C22H20N2O3/c1-27-20-9-5-4-8-19(20)24-14-17(13-21(24)25)22(26)23-18-11-10-15-6-2-3-7-16(15)12-18/h2-12,17H,13-14H2,1H3,(H,23,26). The van der Waals surface area contributed by atoms with Crippen molar-refractivity contribution in [2.24, 2.45) is 5.92 Å². The number of methoxy groups -OCH3 is 1. The summed E-state index contributed by atoms with van der Waals surface area (Å²) in [6.07, 6.45) is 0.192. The molecule has 1 aliphatic heterocycles. The summed E-state index contributed by atoms with van der Waals surface area (Å²) in [5, 5.41) is 5.13. The van der Waals surface area contributed by atoms with Crippen LogP contribution < -0.4 is 15.0 Å². The summed E-state index contributed by atoms with van der Waals surface area (Å²) in [6.45, 7) is 0.346. The molecule has 0 bridgehead atoms. The molecule has 27 heavy (non-hydrogen) atoms. The number of anilines is 2. The first kappa shape index (κ1) is 17.1. The Kier molecular flexibility index (Phi) is 4.50. The highest BCUT2D eigenvalue weighted by molar-refractivity contribution is 6.04. The first-order chi connectivity index (χ1) is 13.2. The van der Waals surface area contributed by atoms with Gasteiger partial charge in [-0.15, -0.1) is 0 Å². The fourth-order valence-electron chi connectivity index (χ4n) is 3.48. The van der Waals surface area contributed by atoms with E-state index in [-0.39, 0.29) is 18.2 Å². The van der Waals surface area contributed by atoms with Gasteiger partial charge in [0.2, 0.25) is 11.8 Å². The van der Waals surface area contributed by atoms with E-state index < -0.39 is 5.92 Å². The third-order valence-electron chi connectivity index (χ3n) is 4.89. The van der Waals surface area contributed by atoms with Crippen molar-refractivity contribution in [3.8, 4) is 5.75 Å². The summed E-state index contributed by atoms with van der Waals surface area (Å²) in [5.41, 5.74) is 1.44. The largest absolute Gasteiger partial charge is 0.495 e. The first-order valence-electron chi connectivity index (χ1n) is 8.89. The van der Waals surface area contributed by atoms with Crippen LogP contribution in [0.15, 0.2) is 66.7 Å². The van der Waals surface area contributed by atoms with Crippen molar-refractivity contribution in [2.75, 3.05) is 23.9 Å². The van der Waals surface area contributed by atoms with Crippen LogP contribution >= 0.6 is 0 Å². The Labute approximate surface area is 157 Å². The van der Waals surface area contributed by atoms with Gasteiger partial charge in [0.05, 0.1) is 18.7 Å². The van der Waals surface area contributed by atoms with Crippen LogP contribution in [0, 0.1) is 5.92 Å². The zero-order valence-corrected chi connectivity index (χ0v) is 15.0. The molecule has 1 N–H and O–H groups in total. The molecule has 1 atom stereocenters. The number of carbonyl (C=O) groups is 2. The Hall–Kier alpha value is -3.34. The lowest BCUT2D eigenvalue weighted by molar-refractivity contribution is -0.122. The van der Waals surface area contributed by atoms with Crippen molar-refractivity contribution in [1.29, 1.82) is 0 Å². The van der Waals surface area contributed by atoms with Gasteiger partial charge < -0.3 is 15.0 Å². The second-order valence-electron chi connectivity index (χ2n) is 6.63. The number of hydrogen-bond donors (Lipinski definition) is 1. The normalized spacial score (nSPS) is 16.6. The summed E-state index contributed by atoms with van der Waals surface area (Å²) in [7, 11) is 1.57. The Balaban J connectivity index is 1.50. The molecule has 5 heteroatoms. The minimum Gasteiger partial charge on any atom is -0.495 e. The number of hydrogen-bond acceptors (Lipinski definition) is 3. The van der Waals surface area contributed by atoms with Crippen LogP contribution in [0.3, 0.4) is 0 Å². The molecular formula is C22H20N2O3. The number of ether oxygens (including phenoxy) is 1. The molecule has 1 saturated heterocycles. The molecule has 5 nitrogen and oxygen atoms in total. The summed E-state index contributed by atoms with van der Waals surface area (Å²) in [5.74, 6) is 0.0181. The highest BCUT2D eigenvalue weighted by Crippen LogP contribution is 2.33. The van der Waals surface area contributed by atoms with E-state index in [2.05, 4.69) is 5.32 Å². The molecule has 1 heterocycles. The Morgan fingerprint density at radius 2 is 1.78 bits per heavy atom. The minimum atomic E-state index is -0.395. The van der Waals surface area contributed by atoms with Crippen LogP contribution in [0.2, 0.25) is 0 Å². The molecule has 0 aliphatic carbocycles. The van der Waals surface area contributed by atoms with Gasteiger partial charge >= 0.3 is 0 Å². The number of fused-ring (bicyclic) bond motifs is 1. The van der Waals surface area contributed by atoms with E-state index in [4.69, 9.17) is 4.74 Å². The third-order valence-corrected chi connectivity index (χ3v) is 4.89. The quantitative estimate of drug-likeness (QED) is 0.769. The molecule has 0 spiro atoms. The van der Waals surface area contributed by atoms with E-state index in [0.717, 1.165) is 16.5 Å². The summed E-state index contributed by atoms with van der Waals surface area (Å²) < 4.78 is 5.34. The van der Waals surface area contributed by atoms with Crippen LogP contribution in [0.1, 0.15) is 6.42 Å². The van der Waals surface area contributed by atoms with E-state index in [0.29, 0.717) is 18.0 Å². The highest BCUT2D eigenvalue weighted by atomic mass is 16.5. The van der Waals surface area contributed by atoms with E-state index >= 15 is 0 Å². The predicted molar refractivity (Wildman–Crippen MR) is 106 cm³/mol. The van der Waals surface area contributed by atoms with Gasteiger partial charge in [0.15, 0.2) is 0 Å². The summed E-state index contributed by atoms with van der Waals surface area (Å²) in [6, 6.07) is 21.1. The van der Waals surface area contributed by atoms with Crippen LogP contribution in [0.25, 0.3) is 10.8 Å². The first-order valence-corrected chi connectivity index (χ1v) is 8.89. The molecule has 1 fully saturated rings. The van der Waals surface area contributed by atoms with Crippen molar-refractivity contribution in [3.63, 3.8) is 0 Å². The number of amides is 2. The average Bonchev–Trinajstić information content (AvgIpc) is 3.09. The Bertz CT molecular complexity index is 1020. The maximum absolute atomic E-state index is 12.7. The maximum Gasteiger partial charge on any atom is 0.229 e. The van der Waals surface area contributed by atoms with Gasteiger partial charge in [-0.1, -0.05) is 42.5 Å². The Morgan fingerprint density at radius 1 is 1.04 bits per heavy atom. The van der Waals surface area contributed by atoms with Crippen molar-refractivity contribution in [3.05, 3.63) is 66.7 Å². The van der Waals surface area contributed by atoms with E-state index in [1.165, 1.54) is 0 Å². The zero-order chi connectivity index (χ0) is 18.8. The van der Waals surface area contributed by atoms with Crippen molar-refractivity contribution in [2.45, 2.75) is 6.42 Å². The van der Waals surface area contributed by atoms with Crippen molar-refractivity contribution in [1.82, 2.24) is 0 Å². The molecule has 3 aromatic rings. The van der Waals surface area contributed by atoms with Gasteiger partial charge in [0.1, 0.15) is 5.75 Å². The molecule has 2 amide bonds. The fourth-order valence-corrected chi connectivity index (χ4v) is 3.48. The molecule has 4 rings (SSSR count). The number of nitrogens with one attached hydrogen (secondary N) is 1. The lowest BCUT2D eigenvalue weighted by Crippen LogP contribution is -2.28. The fraction of sp³-hybridized carbons (Fsp3) is 0.182. The number of benzene rings is 3. The SMILES string of the molecule is COc1ccccc1N1CC(C(=O)Nc2ccc3ccccc3c2)CC1=O. The highest BCUT2D eigenvalue weighted by Gasteiger charge is 2.36. The van der Waals surface area contributed by atoms with Gasteiger partial charge in [-0.05, 0) is 35.0 Å². The second-order valence-corrected chi connectivity index (χ2v) is 6.63. The van der Waals surface area contributed by atoms with Crippen molar-refractivity contribution < 1.29 is 14.3 Å². The number of rotatable bonds is 4. The minimum absolute atomic E-state index is 0.0711. The smallest absolute Gasteiger partial charge is 0.229 e. The second kappa shape index (κ2) is 7.11. The third kappa shape index (κ3) is 3.36. The topological polar surface area (TPSA) is 58.6 Å². The van der Waals surface area contributed by atoms with Crippen LogP contribution in [-0.2, 0) is 9.59 Å². The average molecular weight is 360 g/mol. The number of carbonyl (C=O) groups excluding carboxylic acids is 2. The van der Waals surface area contributed by atoms with Crippen LogP contribution in [0.5, 0.6) is 5.75 Å². The molecule has 0 aromatic heterocycles. The summed E-state index contributed by atoms with van der Waals surface area (Å²) in [4.78, 5) is 26.8. The maximum atomic E-state index is 12.7. The number of para-hydroxylation sites is 2. The van der Waals surface area contributed by atoms with Gasteiger partial charge in [0, 0.05) is 18.7 Å². The number of nitrogens with zero attached hydrogens (tertiary/aromatic N) is 1. The molecule has 0 radical (unpaired) electrons. The van der Waals surface area contributed by atoms with Crippen LogP contribution in [-0.4, -0.2) is 25.5 Å².